The summed E-state index contributed by atoms with van der Waals surface area (Å²) in [5, 5.41) is 20.3. The van der Waals surface area contributed by atoms with E-state index in [0.717, 1.165) is 57.4 Å². The number of hydrogen-bond donors (Lipinski definition) is 2. The summed E-state index contributed by atoms with van der Waals surface area (Å²) < 4.78 is 38.1. The fourth-order valence-corrected chi connectivity index (χ4v) is 7.81. The molecule has 4 rings (SSSR count). The van der Waals surface area contributed by atoms with Crippen LogP contribution in [0.25, 0.3) is 0 Å². The minimum atomic E-state index is -4.61. The summed E-state index contributed by atoms with van der Waals surface area (Å²) in [6, 6.07) is 0. The van der Waals surface area contributed by atoms with Gasteiger partial charge in [-0.25, -0.2) is 0 Å². The standard InChI is InChI=1S/C27H39F3O2/c1-5-26(32)15-14-24(3)18(16-26)7-8-19-21-10-9-20(25(21,4)13-12-22(19)24)17(2)6-11-23(31)27(28,29)30/h6-7,9,11,17,19,21-23,31-32H,5,8,10,12-16H2,1-4H3/b11-6+/t17-,19+,21+,22?,23?,24+,25-,26+/m1/s1. The third-order valence-electron chi connectivity index (χ3n) is 9.96. The first-order valence-corrected chi connectivity index (χ1v) is 12.4. The summed E-state index contributed by atoms with van der Waals surface area (Å²) in [7, 11) is 0. The van der Waals surface area contributed by atoms with Gasteiger partial charge in [-0.2, -0.15) is 13.2 Å². The largest absolute Gasteiger partial charge is 0.417 e. The van der Waals surface area contributed by atoms with E-state index in [1.807, 2.05) is 6.92 Å². The Balaban J connectivity index is 1.53. The molecule has 2 N–H and O–H groups in total. The van der Waals surface area contributed by atoms with Crippen molar-refractivity contribution in [3.05, 3.63) is 35.5 Å². The Kier molecular flexibility index (Phi) is 6.02. The van der Waals surface area contributed by atoms with Crippen molar-refractivity contribution in [1.29, 1.82) is 0 Å². The monoisotopic (exact) mass is 452 g/mol. The first-order chi connectivity index (χ1) is 14.8. The Bertz CT molecular complexity index is 827. The van der Waals surface area contributed by atoms with Gasteiger partial charge in [0, 0.05) is 0 Å². The number of fused-ring (bicyclic) bond motifs is 5. The van der Waals surface area contributed by atoms with Gasteiger partial charge in [0.05, 0.1) is 5.60 Å². The molecule has 0 bridgehead atoms. The topological polar surface area (TPSA) is 40.5 Å². The average Bonchev–Trinajstić information content (AvgIpc) is 3.09. The Morgan fingerprint density at radius 3 is 2.44 bits per heavy atom. The highest BCUT2D eigenvalue weighted by Crippen LogP contribution is 2.66. The molecule has 0 aliphatic heterocycles. The molecule has 2 fully saturated rings. The molecule has 0 heterocycles. The maximum absolute atomic E-state index is 12.7. The van der Waals surface area contributed by atoms with Gasteiger partial charge in [-0.05, 0) is 85.9 Å². The summed E-state index contributed by atoms with van der Waals surface area (Å²) >= 11 is 0. The average molecular weight is 453 g/mol. The predicted octanol–water partition coefficient (Wildman–Crippen LogP) is 6.74. The molecule has 4 aliphatic rings. The number of allylic oxidation sites excluding steroid dienone is 4. The van der Waals surface area contributed by atoms with Crippen molar-refractivity contribution in [1.82, 2.24) is 0 Å². The van der Waals surface area contributed by atoms with Crippen LogP contribution in [0.5, 0.6) is 0 Å². The highest BCUT2D eigenvalue weighted by Gasteiger charge is 2.57. The second-order valence-electron chi connectivity index (χ2n) is 11.5. The van der Waals surface area contributed by atoms with Crippen molar-refractivity contribution < 1.29 is 23.4 Å². The molecule has 2 saturated carbocycles. The van der Waals surface area contributed by atoms with E-state index >= 15 is 0 Å². The van der Waals surface area contributed by atoms with Crippen molar-refractivity contribution in [3.8, 4) is 0 Å². The summed E-state index contributed by atoms with van der Waals surface area (Å²) in [6.45, 7) is 8.77. The second kappa shape index (κ2) is 8.01. The lowest BCUT2D eigenvalue weighted by Gasteiger charge is -2.59. The van der Waals surface area contributed by atoms with Crippen LogP contribution in [-0.2, 0) is 0 Å². The van der Waals surface area contributed by atoms with Crippen LogP contribution in [0.3, 0.4) is 0 Å². The Morgan fingerprint density at radius 1 is 1.06 bits per heavy atom. The van der Waals surface area contributed by atoms with Gasteiger partial charge in [0.25, 0.3) is 0 Å². The van der Waals surface area contributed by atoms with Crippen molar-refractivity contribution >= 4 is 0 Å². The third-order valence-corrected chi connectivity index (χ3v) is 9.96. The molecule has 8 atom stereocenters. The molecule has 32 heavy (non-hydrogen) atoms. The van der Waals surface area contributed by atoms with Gasteiger partial charge in [0.15, 0.2) is 6.10 Å². The van der Waals surface area contributed by atoms with E-state index in [-0.39, 0.29) is 16.7 Å². The second-order valence-corrected chi connectivity index (χ2v) is 11.5. The molecule has 0 amide bonds. The smallest absolute Gasteiger partial charge is 0.390 e. The molecule has 2 unspecified atom stereocenters. The zero-order valence-electron chi connectivity index (χ0n) is 19.9. The lowest BCUT2D eigenvalue weighted by molar-refractivity contribution is -0.187. The lowest BCUT2D eigenvalue weighted by Crippen LogP contribution is -2.51. The van der Waals surface area contributed by atoms with Crippen LogP contribution < -0.4 is 0 Å². The third kappa shape index (κ3) is 3.81. The van der Waals surface area contributed by atoms with Gasteiger partial charge < -0.3 is 10.2 Å². The van der Waals surface area contributed by atoms with E-state index in [2.05, 4.69) is 32.9 Å². The minimum Gasteiger partial charge on any atom is -0.390 e. The van der Waals surface area contributed by atoms with E-state index in [0.29, 0.717) is 17.8 Å². The molecule has 4 aliphatic carbocycles. The lowest BCUT2D eigenvalue weighted by atomic mass is 9.46. The van der Waals surface area contributed by atoms with E-state index in [4.69, 9.17) is 0 Å². The molecular weight excluding hydrogens is 413 g/mol. The normalized spacial score (nSPS) is 43.7. The maximum atomic E-state index is 12.7. The van der Waals surface area contributed by atoms with Gasteiger partial charge >= 0.3 is 6.18 Å². The van der Waals surface area contributed by atoms with Gasteiger partial charge in [-0.15, -0.1) is 0 Å². The Labute approximate surface area is 190 Å². The first-order valence-electron chi connectivity index (χ1n) is 12.4. The molecule has 180 valence electrons. The molecule has 0 aromatic heterocycles. The molecule has 5 heteroatoms. The van der Waals surface area contributed by atoms with Crippen LogP contribution >= 0.6 is 0 Å². The van der Waals surface area contributed by atoms with Crippen molar-refractivity contribution in [3.63, 3.8) is 0 Å². The van der Waals surface area contributed by atoms with Gasteiger partial charge in [0.2, 0.25) is 0 Å². The number of rotatable bonds is 4. The Hall–Kier alpha value is -1.07. The number of aliphatic hydroxyl groups excluding tert-OH is 1. The van der Waals surface area contributed by atoms with Gasteiger partial charge in [-0.1, -0.05) is 63.1 Å². The number of hydrogen-bond acceptors (Lipinski definition) is 2. The summed E-state index contributed by atoms with van der Waals surface area (Å²) in [5.41, 5.74) is 2.33. The maximum Gasteiger partial charge on any atom is 0.417 e. The zero-order chi connectivity index (χ0) is 23.5. The Morgan fingerprint density at radius 2 is 1.78 bits per heavy atom. The zero-order valence-corrected chi connectivity index (χ0v) is 19.9. The molecular formula is C27H39F3O2. The van der Waals surface area contributed by atoms with Crippen LogP contribution in [0.15, 0.2) is 35.5 Å². The fraction of sp³-hybridized carbons (Fsp3) is 0.778. The predicted molar refractivity (Wildman–Crippen MR) is 121 cm³/mol. The molecule has 0 radical (unpaired) electrons. The number of aliphatic hydroxyl groups is 2. The van der Waals surface area contributed by atoms with Crippen LogP contribution in [0.2, 0.25) is 0 Å². The number of alkyl halides is 3. The minimum absolute atomic E-state index is 0.00857. The first kappa shape index (κ1) is 24.1. The highest BCUT2D eigenvalue weighted by molar-refractivity contribution is 5.33. The molecule has 2 nitrogen and oxygen atoms in total. The van der Waals surface area contributed by atoms with Crippen molar-refractivity contribution in [2.75, 3.05) is 0 Å². The van der Waals surface area contributed by atoms with Crippen LogP contribution in [-0.4, -0.2) is 28.1 Å². The van der Waals surface area contributed by atoms with E-state index < -0.39 is 17.9 Å². The summed E-state index contributed by atoms with van der Waals surface area (Å²) in [6.07, 6.45) is 7.88. The quantitative estimate of drug-likeness (QED) is 0.464. The van der Waals surface area contributed by atoms with Gasteiger partial charge in [-0.3, -0.25) is 0 Å². The summed E-state index contributed by atoms with van der Waals surface area (Å²) in [5.74, 6) is 1.60. The van der Waals surface area contributed by atoms with Crippen LogP contribution in [0.4, 0.5) is 13.2 Å². The van der Waals surface area contributed by atoms with E-state index in [1.165, 1.54) is 17.2 Å². The van der Waals surface area contributed by atoms with Gasteiger partial charge in [0.1, 0.15) is 0 Å². The van der Waals surface area contributed by atoms with Crippen molar-refractivity contribution in [2.24, 2.45) is 34.5 Å². The fourth-order valence-electron chi connectivity index (χ4n) is 7.81. The highest BCUT2D eigenvalue weighted by atomic mass is 19.4. The SMILES string of the molecule is CC[C@]1(O)CC[C@@]2(C)C(=CC[C@@H]3C2CC[C@]2(C)C([C@H](C)/C=C/C(O)C(F)(F)F)=CC[C@@H]32)C1. The molecule has 0 aromatic rings. The molecule has 0 aromatic carbocycles. The molecule has 0 saturated heterocycles. The molecule has 0 spiro atoms. The van der Waals surface area contributed by atoms with Crippen LogP contribution in [0.1, 0.15) is 79.1 Å². The summed E-state index contributed by atoms with van der Waals surface area (Å²) in [4.78, 5) is 0. The van der Waals surface area contributed by atoms with E-state index in [9.17, 15) is 23.4 Å². The van der Waals surface area contributed by atoms with E-state index in [1.54, 1.807) is 0 Å². The number of halogens is 3. The van der Waals surface area contributed by atoms with Crippen molar-refractivity contribution in [2.45, 2.75) is 96.9 Å². The van der Waals surface area contributed by atoms with Crippen LogP contribution in [0, 0.1) is 34.5 Å².